The van der Waals surface area contributed by atoms with Gasteiger partial charge in [-0.2, -0.15) is 0 Å². The Balaban J connectivity index is 1.64. The number of carbonyl (C=O) groups excluding carboxylic acids is 5. The zero-order valence-corrected chi connectivity index (χ0v) is 58.6. The van der Waals surface area contributed by atoms with Gasteiger partial charge in [0, 0.05) is 122 Å². The molecule has 510 valence electrons. The molecule has 0 radical (unpaired) electrons. The first-order valence-electron chi connectivity index (χ1n) is 33.1. The molecule has 0 saturated carbocycles. The number of carbonyl (C=O) groups is 5. The Kier molecular flexibility index (Phi) is 27.7. The molecular weight excluding hydrogens is 1190 g/mol. The van der Waals surface area contributed by atoms with Crippen molar-refractivity contribution in [1.29, 1.82) is 0 Å². The van der Waals surface area contributed by atoms with Gasteiger partial charge in [0.1, 0.15) is 45.2 Å². The van der Waals surface area contributed by atoms with Crippen LogP contribution in [0.1, 0.15) is 177 Å². The van der Waals surface area contributed by atoms with E-state index >= 15 is 4.79 Å². The molecule has 0 fully saturated rings. The number of benzene rings is 5. The molecule has 0 aliphatic heterocycles. The topological polar surface area (TPSA) is 199 Å². The number of amides is 2. The molecule has 18 nitrogen and oxygen atoms in total. The van der Waals surface area contributed by atoms with Gasteiger partial charge >= 0.3 is 23.5 Å². The van der Waals surface area contributed by atoms with Gasteiger partial charge in [-0.1, -0.05) is 57.0 Å². The lowest BCUT2D eigenvalue weighted by Crippen LogP contribution is -2.35. The number of nitrogens with zero attached hydrogens (tertiary/aromatic N) is 3. The van der Waals surface area contributed by atoms with E-state index in [2.05, 4.69) is 18.7 Å². The lowest BCUT2D eigenvalue weighted by Gasteiger charge is -2.28. The van der Waals surface area contributed by atoms with Crippen LogP contribution in [0.4, 0.5) is 5.69 Å². The highest BCUT2D eigenvalue weighted by atomic mass is 16.6. The number of hydrogen-bond donors (Lipinski definition) is 0. The van der Waals surface area contributed by atoms with Crippen molar-refractivity contribution in [3.05, 3.63) is 140 Å². The standard InChI is InChI=1S/C76H101N3O15/c1-17-21-34-86-36-26-32-78(71(83)54-28-24-23-25-29-54)46-56-38-51(5)40-59(68(56)88-48-65(80)92-74(8,9)10)61-42-53(7)43-62(70(61)90-50-67(82)94-76(14,15)16)60-41-52(6)39-57(69(60)89-49-66(81)93-75(11,12)13)47-79(33-27-37-87-35-22-18-2)72(84)63-44-55-30-31-58(77(19-3)20-4)45-64(55)91-73(63)85/h23-25,28-31,38-45H,17-22,26-27,32-37,46-50H2,1-16H3. The van der Waals surface area contributed by atoms with Gasteiger partial charge in [-0.05, 0) is 194 Å². The number of ether oxygens (including phenoxy) is 8. The summed E-state index contributed by atoms with van der Waals surface area (Å²) in [5.41, 5.74) is 2.93. The minimum atomic E-state index is -0.889. The smallest absolute Gasteiger partial charge is 0.349 e. The highest BCUT2D eigenvalue weighted by Crippen LogP contribution is 2.49. The average Bonchev–Trinajstić information content (AvgIpc) is 0.768. The van der Waals surface area contributed by atoms with Crippen LogP contribution >= 0.6 is 0 Å². The summed E-state index contributed by atoms with van der Waals surface area (Å²) in [6.45, 7) is 31.9. The summed E-state index contributed by atoms with van der Waals surface area (Å²) in [7, 11) is 0. The van der Waals surface area contributed by atoms with Crippen LogP contribution in [-0.4, -0.2) is 129 Å². The third kappa shape index (κ3) is 22.8. The van der Waals surface area contributed by atoms with Crippen LogP contribution in [-0.2, 0) is 51.2 Å². The van der Waals surface area contributed by atoms with Gasteiger partial charge in [0.25, 0.3) is 11.8 Å². The summed E-state index contributed by atoms with van der Waals surface area (Å²) in [5, 5.41) is 0.565. The van der Waals surface area contributed by atoms with Crippen LogP contribution < -0.4 is 24.7 Å². The minimum Gasteiger partial charge on any atom is -0.481 e. The maximum atomic E-state index is 15.3. The molecule has 0 spiro atoms. The summed E-state index contributed by atoms with van der Waals surface area (Å²) in [5.74, 6) is -2.25. The Morgan fingerprint density at radius 1 is 0.468 bits per heavy atom. The Labute approximate surface area is 556 Å². The molecule has 0 atom stereocenters. The first-order chi connectivity index (χ1) is 44.5. The van der Waals surface area contributed by atoms with Crippen LogP contribution in [0.5, 0.6) is 17.2 Å². The van der Waals surface area contributed by atoms with E-state index < -0.39 is 66.1 Å². The van der Waals surface area contributed by atoms with Crippen LogP contribution in [0.25, 0.3) is 33.2 Å². The van der Waals surface area contributed by atoms with Crippen molar-refractivity contribution < 1.29 is 66.3 Å². The van der Waals surface area contributed by atoms with Gasteiger partial charge in [0.15, 0.2) is 19.8 Å². The van der Waals surface area contributed by atoms with E-state index in [1.807, 2.05) is 101 Å². The second-order valence-electron chi connectivity index (χ2n) is 26.7. The van der Waals surface area contributed by atoms with Gasteiger partial charge in [-0.3, -0.25) is 9.59 Å². The Morgan fingerprint density at radius 2 is 0.872 bits per heavy atom. The zero-order chi connectivity index (χ0) is 68.9. The molecule has 94 heavy (non-hydrogen) atoms. The summed E-state index contributed by atoms with van der Waals surface area (Å²) in [6, 6.07) is 27.4. The second kappa shape index (κ2) is 34.8. The lowest BCUT2D eigenvalue weighted by atomic mass is 9.90. The summed E-state index contributed by atoms with van der Waals surface area (Å²) in [4.78, 5) is 91.2. The number of rotatable bonds is 34. The summed E-state index contributed by atoms with van der Waals surface area (Å²) >= 11 is 0. The molecule has 0 N–H and O–H groups in total. The van der Waals surface area contributed by atoms with Crippen LogP contribution in [0.2, 0.25) is 0 Å². The fourth-order valence-electron chi connectivity index (χ4n) is 10.8. The molecule has 0 aliphatic carbocycles. The molecule has 5 aromatic carbocycles. The number of esters is 3. The first-order valence-corrected chi connectivity index (χ1v) is 33.1. The minimum absolute atomic E-state index is 0.0382. The SMILES string of the molecule is CCCCOCCCN(Cc1cc(C)cc(-c2cc(C)cc(-c3cc(C)cc(CN(CCCOCCCC)C(=O)c4cc5ccc(N(CC)CC)cc5oc4=O)c3OCC(=O)OC(C)(C)C)c2OCC(=O)OC(C)(C)C)c1OCC(=O)OC(C)(C)C)C(=O)c1ccccc1. The van der Waals surface area contributed by atoms with Crippen molar-refractivity contribution in [3.8, 4) is 39.5 Å². The van der Waals surface area contributed by atoms with Crippen molar-refractivity contribution in [2.24, 2.45) is 0 Å². The van der Waals surface area contributed by atoms with E-state index in [9.17, 15) is 24.0 Å². The predicted molar refractivity (Wildman–Crippen MR) is 368 cm³/mol. The quantitative estimate of drug-likeness (QED) is 0.0160. The molecule has 0 aliphatic rings. The highest BCUT2D eigenvalue weighted by molar-refractivity contribution is 5.98. The van der Waals surface area contributed by atoms with E-state index in [-0.39, 0.29) is 48.4 Å². The maximum Gasteiger partial charge on any atom is 0.349 e. The number of unbranched alkanes of at least 4 members (excludes halogenated alkanes) is 2. The van der Waals surface area contributed by atoms with E-state index in [1.165, 1.54) is 0 Å². The fraction of sp³-hybridized carbons (Fsp3) is 0.500. The summed E-state index contributed by atoms with van der Waals surface area (Å²) < 4.78 is 55.7. The second-order valence-corrected chi connectivity index (χ2v) is 26.7. The molecule has 1 heterocycles. The van der Waals surface area contributed by atoms with Crippen molar-refractivity contribution in [2.75, 3.05) is 77.3 Å². The predicted octanol–water partition coefficient (Wildman–Crippen LogP) is 14.8. The summed E-state index contributed by atoms with van der Waals surface area (Å²) in [6.07, 6.45) is 4.64. The molecule has 1 aromatic heterocycles. The Hall–Kier alpha value is -8.22. The van der Waals surface area contributed by atoms with Gasteiger partial charge in [-0.25, -0.2) is 19.2 Å². The number of hydrogen-bond acceptors (Lipinski definition) is 16. The van der Waals surface area contributed by atoms with Gasteiger partial charge in [-0.15, -0.1) is 0 Å². The van der Waals surface area contributed by atoms with E-state index in [4.69, 9.17) is 42.3 Å². The van der Waals surface area contributed by atoms with Gasteiger partial charge < -0.3 is 57.0 Å². The van der Waals surface area contributed by atoms with Gasteiger partial charge in [0.05, 0.1) is 0 Å². The van der Waals surface area contributed by atoms with E-state index in [1.54, 1.807) is 96.4 Å². The molecule has 0 unspecified atom stereocenters. The Morgan fingerprint density at radius 3 is 1.30 bits per heavy atom. The lowest BCUT2D eigenvalue weighted by molar-refractivity contribution is -0.158. The molecule has 0 bridgehead atoms. The van der Waals surface area contributed by atoms with Crippen molar-refractivity contribution >= 4 is 46.4 Å². The Bertz CT molecular complexity index is 3590. The van der Waals surface area contributed by atoms with Crippen molar-refractivity contribution in [3.63, 3.8) is 0 Å². The van der Waals surface area contributed by atoms with Crippen LogP contribution in [0.3, 0.4) is 0 Å². The van der Waals surface area contributed by atoms with E-state index in [0.29, 0.717) is 107 Å². The number of fused-ring (bicyclic) bond motifs is 1. The third-order valence-corrected chi connectivity index (χ3v) is 14.8. The molecule has 2 amide bonds. The highest BCUT2D eigenvalue weighted by Gasteiger charge is 2.31. The van der Waals surface area contributed by atoms with Crippen LogP contribution in [0, 0.1) is 20.8 Å². The average molecular weight is 1300 g/mol. The molecular formula is C76H101N3O15. The zero-order valence-electron chi connectivity index (χ0n) is 58.6. The maximum absolute atomic E-state index is 15.3. The first kappa shape index (κ1) is 74.8. The van der Waals surface area contributed by atoms with Crippen LogP contribution in [0.15, 0.2) is 100 Å². The van der Waals surface area contributed by atoms with Crippen molar-refractivity contribution in [2.45, 2.75) is 179 Å². The molecule has 18 heteroatoms. The van der Waals surface area contributed by atoms with Crippen molar-refractivity contribution in [1.82, 2.24) is 9.80 Å². The largest absolute Gasteiger partial charge is 0.481 e. The number of aryl methyl sites for hydroxylation is 3. The number of anilines is 1. The molecule has 6 rings (SSSR count). The monoisotopic (exact) mass is 1300 g/mol. The van der Waals surface area contributed by atoms with Gasteiger partial charge in [0.2, 0.25) is 0 Å². The molecule has 6 aromatic rings. The fourth-order valence-corrected chi connectivity index (χ4v) is 10.8. The normalized spacial score (nSPS) is 11.7. The van der Waals surface area contributed by atoms with E-state index in [0.717, 1.165) is 50.0 Å². The third-order valence-electron chi connectivity index (χ3n) is 14.8. The molecule has 0 saturated heterocycles.